The zero-order valence-corrected chi connectivity index (χ0v) is 19.5. The van der Waals surface area contributed by atoms with Gasteiger partial charge >= 0.3 is 13.1 Å². The van der Waals surface area contributed by atoms with E-state index in [1.807, 2.05) is 27.7 Å². The summed E-state index contributed by atoms with van der Waals surface area (Å²) in [5, 5.41) is 0. The van der Waals surface area contributed by atoms with E-state index in [9.17, 15) is 13.6 Å². The molecule has 2 heterocycles. The Labute approximate surface area is 197 Å². The first-order valence-electron chi connectivity index (χ1n) is 10.7. The van der Waals surface area contributed by atoms with E-state index < -0.39 is 41.7 Å². The molecule has 176 valence electrons. The predicted octanol–water partition coefficient (Wildman–Crippen LogP) is 4.90. The van der Waals surface area contributed by atoms with Crippen molar-refractivity contribution in [3.63, 3.8) is 0 Å². The number of benzene rings is 2. The third-order valence-corrected chi connectivity index (χ3v) is 6.17. The van der Waals surface area contributed by atoms with Crippen molar-refractivity contribution in [1.29, 1.82) is 0 Å². The van der Waals surface area contributed by atoms with Gasteiger partial charge in [0.2, 0.25) is 0 Å². The van der Waals surface area contributed by atoms with Crippen LogP contribution in [-0.4, -0.2) is 36.4 Å². The summed E-state index contributed by atoms with van der Waals surface area (Å²) in [7, 11) is 0.653. The number of nitrogens with zero attached hydrogens (tertiary/aromatic N) is 1. The van der Waals surface area contributed by atoms with Gasteiger partial charge in [0, 0.05) is 18.5 Å². The number of aromatic nitrogens is 1. The Hall–Kier alpha value is -3.30. The van der Waals surface area contributed by atoms with Gasteiger partial charge in [-0.1, -0.05) is 24.3 Å². The van der Waals surface area contributed by atoms with Crippen LogP contribution in [0.25, 0.3) is 11.1 Å². The average Bonchev–Trinajstić information content (AvgIpc) is 3.02. The lowest BCUT2D eigenvalue weighted by atomic mass is 9.78. The minimum atomic E-state index is -0.919. The van der Waals surface area contributed by atoms with Gasteiger partial charge in [-0.2, -0.15) is 0 Å². The van der Waals surface area contributed by atoms with Crippen molar-refractivity contribution in [2.75, 3.05) is 7.11 Å². The van der Waals surface area contributed by atoms with Crippen LogP contribution in [0.1, 0.15) is 38.1 Å². The van der Waals surface area contributed by atoms with Crippen LogP contribution in [0.4, 0.5) is 8.78 Å². The molecule has 1 fully saturated rings. The van der Waals surface area contributed by atoms with E-state index >= 15 is 0 Å². The van der Waals surface area contributed by atoms with Crippen LogP contribution in [0, 0.1) is 11.6 Å². The van der Waals surface area contributed by atoms with Crippen LogP contribution in [0.2, 0.25) is 0 Å². The molecule has 1 saturated heterocycles. The van der Waals surface area contributed by atoms with Gasteiger partial charge in [0.05, 0.1) is 18.3 Å². The molecule has 1 aliphatic heterocycles. The molecule has 34 heavy (non-hydrogen) atoms. The maximum absolute atomic E-state index is 14.9. The number of halogens is 2. The molecule has 3 aromatic rings. The van der Waals surface area contributed by atoms with E-state index in [1.165, 1.54) is 37.7 Å². The van der Waals surface area contributed by atoms with Crippen molar-refractivity contribution in [1.82, 2.24) is 4.98 Å². The third-order valence-electron chi connectivity index (χ3n) is 6.17. The predicted molar refractivity (Wildman–Crippen MR) is 123 cm³/mol. The summed E-state index contributed by atoms with van der Waals surface area (Å²) in [5.74, 6) is -3.27. The normalized spacial score (nSPS) is 16.4. The molecule has 0 bridgehead atoms. The van der Waals surface area contributed by atoms with Gasteiger partial charge in [0.15, 0.2) is 17.4 Å². The van der Waals surface area contributed by atoms with Crippen LogP contribution in [-0.2, 0) is 14.0 Å². The monoisotopic (exact) mass is 467 g/mol. The van der Waals surface area contributed by atoms with Gasteiger partial charge in [0.25, 0.3) is 0 Å². The van der Waals surface area contributed by atoms with Crippen molar-refractivity contribution in [2.45, 2.75) is 38.9 Å². The number of hydrogen-bond acceptors (Lipinski definition) is 6. The van der Waals surface area contributed by atoms with Crippen molar-refractivity contribution < 1.29 is 32.4 Å². The Kier molecular flexibility index (Phi) is 6.18. The fourth-order valence-electron chi connectivity index (χ4n) is 3.48. The van der Waals surface area contributed by atoms with Crippen molar-refractivity contribution in [3.05, 3.63) is 72.1 Å². The maximum Gasteiger partial charge on any atom is 0.494 e. The molecule has 0 unspecified atom stereocenters. The number of hydrogen-bond donors (Lipinski definition) is 0. The summed E-state index contributed by atoms with van der Waals surface area (Å²) >= 11 is 0. The standard InChI is InChI=1S/C25H24BF2NO5/c1-24(2)25(3,4)34-26(33-24)17-8-6-15(7-9-17)16-12-19(27)22(20(28)13-16)32-21-10-11-29-14-18(21)23(30)31-5/h6-14H,1-5H3. The Morgan fingerprint density at radius 3 is 2.09 bits per heavy atom. The molecule has 0 aliphatic carbocycles. The van der Waals surface area contributed by atoms with Gasteiger partial charge in [-0.05, 0) is 56.4 Å². The molecule has 0 amide bonds. The fraction of sp³-hybridized carbons (Fsp3) is 0.280. The van der Waals surface area contributed by atoms with E-state index in [2.05, 4.69) is 9.72 Å². The van der Waals surface area contributed by atoms with Crippen LogP contribution < -0.4 is 10.2 Å². The minimum absolute atomic E-state index is 0.0498. The zero-order chi connectivity index (χ0) is 24.7. The van der Waals surface area contributed by atoms with E-state index in [0.717, 1.165) is 5.46 Å². The lowest BCUT2D eigenvalue weighted by molar-refractivity contribution is 0.00578. The molecule has 4 rings (SSSR count). The Balaban J connectivity index is 1.58. The van der Waals surface area contributed by atoms with Crippen LogP contribution >= 0.6 is 0 Å². The number of methoxy groups -OCH3 is 1. The molecule has 2 aromatic carbocycles. The Morgan fingerprint density at radius 1 is 0.941 bits per heavy atom. The highest BCUT2D eigenvalue weighted by Crippen LogP contribution is 2.37. The van der Waals surface area contributed by atoms with Crippen LogP contribution in [0.5, 0.6) is 11.5 Å². The lowest BCUT2D eigenvalue weighted by Crippen LogP contribution is -2.41. The molecule has 0 atom stereocenters. The van der Waals surface area contributed by atoms with Crippen molar-refractivity contribution in [2.24, 2.45) is 0 Å². The number of ether oxygens (including phenoxy) is 2. The molecular weight excluding hydrogens is 443 g/mol. The van der Waals surface area contributed by atoms with Gasteiger partial charge in [-0.25, -0.2) is 13.6 Å². The van der Waals surface area contributed by atoms with E-state index in [-0.39, 0.29) is 11.3 Å². The summed E-state index contributed by atoms with van der Waals surface area (Å²) < 4.78 is 51.8. The van der Waals surface area contributed by atoms with Crippen LogP contribution in [0.15, 0.2) is 54.9 Å². The Morgan fingerprint density at radius 2 is 1.53 bits per heavy atom. The second-order valence-electron chi connectivity index (χ2n) is 8.94. The number of pyridine rings is 1. The number of rotatable bonds is 5. The summed E-state index contributed by atoms with van der Waals surface area (Å²) in [6, 6.07) is 10.8. The van der Waals surface area contributed by atoms with E-state index in [0.29, 0.717) is 11.1 Å². The number of carbonyl (C=O) groups is 1. The lowest BCUT2D eigenvalue weighted by Gasteiger charge is -2.32. The van der Waals surface area contributed by atoms with Gasteiger partial charge < -0.3 is 18.8 Å². The highest BCUT2D eigenvalue weighted by Gasteiger charge is 2.51. The first-order valence-corrected chi connectivity index (χ1v) is 10.7. The average molecular weight is 467 g/mol. The molecule has 0 N–H and O–H groups in total. The first kappa shape index (κ1) is 23.8. The highest BCUT2D eigenvalue weighted by atomic mass is 19.1. The number of esters is 1. The first-order chi connectivity index (χ1) is 16.0. The van der Waals surface area contributed by atoms with Crippen LogP contribution in [0.3, 0.4) is 0 Å². The third kappa shape index (κ3) is 4.41. The number of carbonyl (C=O) groups excluding carboxylic acids is 1. The minimum Gasteiger partial charge on any atom is -0.465 e. The molecule has 9 heteroatoms. The molecule has 0 saturated carbocycles. The molecule has 0 radical (unpaired) electrons. The van der Waals surface area contributed by atoms with Crippen molar-refractivity contribution >= 4 is 18.6 Å². The smallest absolute Gasteiger partial charge is 0.465 e. The molecule has 1 aromatic heterocycles. The van der Waals surface area contributed by atoms with Gasteiger partial charge in [-0.15, -0.1) is 0 Å². The fourth-order valence-corrected chi connectivity index (χ4v) is 3.48. The second-order valence-corrected chi connectivity index (χ2v) is 8.94. The Bertz CT molecular complexity index is 1190. The summed E-state index contributed by atoms with van der Waals surface area (Å²) in [6.45, 7) is 7.88. The van der Waals surface area contributed by atoms with Crippen molar-refractivity contribution in [3.8, 4) is 22.6 Å². The molecule has 0 spiro atoms. The SMILES string of the molecule is COC(=O)c1cnccc1Oc1c(F)cc(-c2ccc(B3OC(C)(C)C(C)(C)O3)cc2)cc1F. The summed E-state index contributed by atoms with van der Waals surface area (Å²) in [6.07, 6.45) is 2.54. The van der Waals surface area contributed by atoms with Gasteiger partial charge in [-0.3, -0.25) is 4.98 Å². The largest absolute Gasteiger partial charge is 0.494 e. The van der Waals surface area contributed by atoms with E-state index in [1.54, 1.807) is 24.3 Å². The summed E-state index contributed by atoms with van der Waals surface area (Å²) in [5.41, 5.74) is 0.735. The topological polar surface area (TPSA) is 66.9 Å². The quantitative estimate of drug-likeness (QED) is 0.393. The molecule has 1 aliphatic rings. The van der Waals surface area contributed by atoms with E-state index in [4.69, 9.17) is 14.0 Å². The molecular formula is C25H24BF2NO5. The second kappa shape index (κ2) is 8.81. The summed E-state index contributed by atoms with van der Waals surface area (Å²) in [4.78, 5) is 15.7. The van der Waals surface area contributed by atoms with Gasteiger partial charge in [0.1, 0.15) is 11.3 Å². The highest BCUT2D eigenvalue weighted by molar-refractivity contribution is 6.62. The zero-order valence-electron chi connectivity index (χ0n) is 19.5. The molecule has 6 nitrogen and oxygen atoms in total. The maximum atomic E-state index is 14.9.